The molecule has 2 fully saturated rings. The van der Waals surface area contributed by atoms with Crippen molar-refractivity contribution in [1.29, 1.82) is 0 Å². The van der Waals surface area contributed by atoms with Crippen molar-refractivity contribution in [3.05, 3.63) is 0 Å². The first-order valence-corrected chi connectivity index (χ1v) is 8.93. The van der Waals surface area contributed by atoms with Crippen LogP contribution in [0.3, 0.4) is 0 Å². The lowest BCUT2D eigenvalue weighted by atomic mass is 9.90. The predicted molar refractivity (Wildman–Crippen MR) is 74.3 cm³/mol. The van der Waals surface area contributed by atoms with Crippen LogP contribution in [-0.2, 0) is 14.6 Å². The van der Waals surface area contributed by atoms with Gasteiger partial charge in [-0.25, -0.2) is 8.42 Å². The standard InChI is InChI=1S/C13H24N2O3S/c1-10(14)12-2-5-15(6-3-12)13(16)8-11-4-7-19(17,18)9-11/h10-12H,2-9,14H2,1H3. The summed E-state index contributed by atoms with van der Waals surface area (Å²) in [4.78, 5) is 14.0. The molecule has 0 aromatic heterocycles. The molecule has 0 aromatic carbocycles. The fraction of sp³-hybridized carbons (Fsp3) is 0.923. The van der Waals surface area contributed by atoms with Gasteiger partial charge in [0.05, 0.1) is 11.5 Å². The van der Waals surface area contributed by atoms with Crippen molar-refractivity contribution >= 4 is 15.7 Å². The van der Waals surface area contributed by atoms with Crippen molar-refractivity contribution in [3.8, 4) is 0 Å². The molecule has 110 valence electrons. The summed E-state index contributed by atoms with van der Waals surface area (Å²) in [5, 5.41) is 0. The summed E-state index contributed by atoms with van der Waals surface area (Å²) in [6.45, 7) is 3.56. The van der Waals surface area contributed by atoms with Crippen LogP contribution in [0.2, 0.25) is 0 Å². The molecule has 2 atom stereocenters. The minimum absolute atomic E-state index is 0.0312. The van der Waals surface area contributed by atoms with Gasteiger partial charge in [0.1, 0.15) is 0 Å². The topological polar surface area (TPSA) is 80.5 Å². The fourth-order valence-electron chi connectivity index (χ4n) is 3.08. The molecule has 0 aromatic rings. The molecule has 6 heteroatoms. The highest BCUT2D eigenvalue weighted by Gasteiger charge is 2.32. The van der Waals surface area contributed by atoms with Crippen LogP contribution in [-0.4, -0.2) is 49.9 Å². The zero-order valence-electron chi connectivity index (χ0n) is 11.5. The van der Waals surface area contributed by atoms with E-state index in [4.69, 9.17) is 5.73 Å². The Morgan fingerprint density at radius 3 is 2.42 bits per heavy atom. The third-order valence-corrected chi connectivity index (χ3v) is 6.26. The highest BCUT2D eigenvalue weighted by molar-refractivity contribution is 7.91. The zero-order valence-corrected chi connectivity index (χ0v) is 12.4. The summed E-state index contributed by atoms with van der Waals surface area (Å²) >= 11 is 0. The molecule has 19 heavy (non-hydrogen) atoms. The van der Waals surface area contributed by atoms with Gasteiger partial charge in [-0.3, -0.25) is 4.79 Å². The largest absolute Gasteiger partial charge is 0.343 e. The number of amides is 1. The number of hydrogen-bond acceptors (Lipinski definition) is 4. The maximum atomic E-state index is 12.1. The molecule has 2 unspecified atom stereocenters. The second kappa shape index (κ2) is 5.79. The van der Waals surface area contributed by atoms with Gasteiger partial charge in [-0.2, -0.15) is 0 Å². The first kappa shape index (κ1) is 14.8. The highest BCUT2D eigenvalue weighted by Crippen LogP contribution is 2.25. The van der Waals surface area contributed by atoms with Gasteiger partial charge < -0.3 is 10.6 Å². The summed E-state index contributed by atoms with van der Waals surface area (Å²) < 4.78 is 22.8. The van der Waals surface area contributed by atoms with E-state index in [9.17, 15) is 13.2 Å². The molecule has 2 N–H and O–H groups in total. The van der Waals surface area contributed by atoms with E-state index in [1.165, 1.54) is 0 Å². The number of nitrogens with zero attached hydrogens (tertiary/aromatic N) is 1. The number of carbonyl (C=O) groups is 1. The van der Waals surface area contributed by atoms with Crippen LogP contribution >= 0.6 is 0 Å². The van der Waals surface area contributed by atoms with E-state index in [0.717, 1.165) is 25.9 Å². The number of carbonyl (C=O) groups excluding carboxylic acids is 1. The number of rotatable bonds is 3. The van der Waals surface area contributed by atoms with Gasteiger partial charge >= 0.3 is 0 Å². The summed E-state index contributed by atoms with van der Waals surface area (Å²) in [6, 6.07) is 0.192. The Morgan fingerprint density at radius 1 is 1.32 bits per heavy atom. The molecule has 0 aliphatic carbocycles. The third-order valence-electron chi connectivity index (χ3n) is 4.43. The molecule has 2 rings (SSSR count). The van der Waals surface area contributed by atoms with Gasteiger partial charge in [-0.1, -0.05) is 0 Å². The lowest BCUT2D eigenvalue weighted by Gasteiger charge is -2.34. The fourth-order valence-corrected chi connectivity index (χ4v) is 4.95. The van der Waals surface area contributed by atoms with Crippen LogP contribution < -0.4 is 5.73 Å². The number of sulfone groups is 1. The Kier molecular flexibility index (Phi) is 4.50. The van der Waals surface area contributed by atoms with Gasteiger partial charge in [-0.05, 0) is 38.0 Å². The number of nitrogens with two attached hydrogens (primary N) is 1. The molecule has 0 bridgehead atoms. The predicted octanol–water partition coefficient (Wildman–Crippen LogP) is 0.397. The highest BCUT2D eigenvalue weighted by atomic mass is 32.2. The summed E-state index contributed by atoms with van der Waals surface area (Å²) in [5.41, 5.74) is 5.88. The molecule has 2 aliphatic rings. The molecule has 1 amide bonds. The zero-order chi connectivity index (χ0) is 14.0. The summed E-state index contributed by atoms with van der Waals surface area (Å²) in [5.74, 6) is 1.09. The molecule has 2 saturated heterocycles. The Hall–Kier alpha value is -0.620. The normalized spacial score (nSPS) is 29.4. The molecule has 0 radical (unpaired) electrons. The third kappa shape index (κ3) is 3.92. The summed E-state index contributed by atoms with van der Waals surface area (Å²) in [7, 11) is -2.88. The number of hydrogen-bond donors (Lipinski definition) is 1. The average Bonchev–Trinajstić information content (AvgIpc) is 2.68. The van der Waals surface area contributed by atoms with Gasteiger partial charge in [0.15, 0.2) is 9.84 Å². The maximum absolute atomic E-state index is 12.1. The van der Waals surface area contributed by atoms with E-state index in [0.29, 0.717) is 18.8 Å². The van der Waals surface area contributed by atoms with E-state index >= 15 is 0 Å². The van der Waals surface area contributed by atoms with E-state index in [1.807, 2.05) is 11.8 Å². The Labute approximate surface area is 115 Å². The first-order valence-electron chi connectivity index (χ1n) is 7.11. The van der Waals surface area contributed by atoms with Crippen LogP contribution in [0.4, 0.5) is 0 Å². The quantitative estimate of drug-likeness (QED) is 0.815. The van der Waals surface area contributed by atoms with Crippen molar-refractivity contribution in [1.82, 2.24) is 4.90 Å². The van der Waals surface area contributed by atoms with Crippen LogP contribution in [0.25, 0.3) is 0 Å². The molecule has 5 nitrogen and oxygen atoms in total. The first-order chi connectivity index (χ1) is 8.87. The van der Waals surface area contributed by atoms with Crippen LogP contribution in [0.1, 0.15) is 32.6 Å². The van der Waals surface area contributed by atoms with Gasteiger partial charge in [0.25, 0.3) is 0 Å². The minimum Gasteiger partial charge on any atom is -0.343 e. The average molecular weight is 288 g/mol. The number of piperidine rings is 1. The van der Waals surface area contributed by atoms with Gasteiger partial charge in [0.2, 0.25) is 5.91 Å². The Balaban J connectivity index is 1.79. The number of likely N-dealkylation sites (tertiary alicyclic amines) is 1. The van der Waals surface area contributed by atoms with E-state index < -0.39 is 9.84 Å². The van der Waals surface area contributed by atoms with Crippen molar-refractivity contribution in [2.24, 2.45) is 17.6 Å². The van der Waals surface area contributed by atoms with Gasteiger partial charge in [-0.15, -0.1) is 0 Å². The second-order valence-corrected chi connectivity index (χ2v) is 8.28. The second-order valence-electron chi connectivity index (χ2n) is 6.05. The van der Waals surface area contributed by atoms with E-state index in [1.54, 1.807) is 0 Å². The molecule has 0 saturated carbocycles. The van der Waals surface area contributed by atoms with Gasteiger partial charge in [0, 0.05) is 25.6 Å². The monoisotopic (exact) mass is 288 g/mol. The molecule has 2 aliphatic heterocycles. The van der Waals surface area contributed by atoms with Crippen molar-refractivity contribution in [2.45, 2.75) is 38.6 Å². The van der Waals surface area contributed by atoms with Crippen LogP contribution in [0, 0.1) is 11.8 Å². The molecule has 2 heterocycles. The minimum atomic E-state index is -2.88. The smallest absolute Gasteiger partial charge is 0.222 e. The lowest BCUT2D eigenvalue weighted by molar-refractivity contribution is -0.133. The lowest BCUT2D eigenvalue weighted by Crippen LogP contribution is -2.43. The van der Waals surface area contributed by atoms with Crippen LogP contribution in [0.15, 0.2) is 0 Å². The van der Waals surface area contributed by atoms with Crippen LogP contribution in [0.5, 0.6) is 0 Å². The van der Waals surface area contributed by atoms with E-state index in [-0.39, 0.29) is 29.4 Å². The summed E-state index contributed by atoms with van der Waals surface area (Å²) in [6.07, 6.45) is 2.96. The van der Waals surface area contributed by atoms with E-state index in [2.05, 4.69) is 0 Å². The maximum Gasteiger partial charge on any atom is 0.222 e. The van der Waals surface area contributed by atoms with Crippen molar-refractivity contribution in [2.75, 3.05) is 24.6 Å². The molecular weight excluding hydrogens is 264 g/mol. The SMILES string of the molecule is CC(N)C1CCN(C(=O)CC2CCS(=O)(=O)C2)CC1. The Bertz CT molecular complexity index is 425. The Morgan fingerprint density at radius 2 is 1.95 bits per heavy atom. The molecule has 0 spiro atoms. The molecular formula is C13H24N2O3S. The van der Waals surface area contributed by atoms with Crippen molar-refractivity contribution < 1.29 is 13.2 Å². The van der Waals surface area contributed by atoms with Crippen molar-refractivity contribution in [3.63, 3.8) is 0 Å².